The van der Waals surface area contributed by atoms with E-state index in [0.29, 0.717) is 10.9 Å². The third-order valence-corrected chi connectivity index (χ3v) is 7.35. The molecule has 252 valence electrons. The van der Waals surface area contributed by atoms with Gasteiger partial charge in [0.2, 0.25) is 0 Å². The molecule has 0 radical (unpaired) electrons. The molecule has 0 aliphatic carbocycles. The molecule has 0 fully saturated rings. The van der Waals surface area contributed by atoms with Crippen molar-refractivity contribution in [1.29, 1.82) is 0 Å². The van der Waals surface area contributed by atoms with E-state index < -0.39 is 61.3 Å². The summed E-state index contributed by atoms with van der Waals surface area (Å²) in [5, 5.41) is 0.418. The fourth-order valence-electron chi connectivity index (χ4n) is 4.60. The molecule has 3 aromatic rings. The Labute approximate surface area is 260 Å². The van der Waals surface area contributed by atoms with Gasteiger partial charge in [-0.15, -0.1) is 0 Å². The Morgan fingerprint density at radius 3 is 2.07 bits per heavy atom. The maximum Gasteiger partial charge on any atom is 0.378 e. The lowest BCUT2D eigenvalue weighted by atomic mass is 9.95. The zero-order valence-electron chi connectivity index (χ0n) is 25.5. The zero-order chi connectivity index (χ0) is 34.5. The van der Waals surface area contributed by atoms with Gasteiger partial charge >= 0.3 is 35.3 Å². The molecule has 0 saturated carbocycles. The Kier molecular flexibility index (Phi) is 11.3. The van der Waals surface area contributed by atoms with Gasteiger partial charge in [0.05, 0.1) is 31.6 Å². The van der Waals surface area contributed by atoms with E-state index in [-0.39, 0.29) is 22.5 Å². The van der Waals surface area contributed by atoms with Crippen LogP contribution in [0.1, 0.15) is 57.1 Å². The first-order chi connectivity index (χ1) is 21.3. The molecule has 0 atom stereocenters. The largest absolute Gasteiger partial charge is 0.493 e. The van der Waals surface area contributed by atoms with Crippen LogP contribution in [0.3, 0.4) is 0 Å². The van der Waals surface area contributed by atoms with Crippen molar-refractivity contribution in [1.82, 2.24) is 0 Å². The Bertz CT molecular complexity index is 1610. The first-order valence-electron chi connectivity index (χ1n) is 14.5. The van der Waals surface area contributed by atoms with Gasteiger partial charge in [0.1, 0.15) is 11.3 Å². The Balaban J connectivity index is 1.70. The minimum atomic E-state index is -6.52. The molecule has 0 saturated heterocycles. The van der Waals surface area contributed by atoms with Crippen LogP contribution < -0.4 is 10.4 Å². The summed E-state index contributed by atoms with van der Waals surface area (Å²) < 4.78 is 128. The van der Waals surface area contributed by atoms with Crippen LogP contribution in [0.5, 0.6) is 5.75 Å². The highest BCUT2D eigenvalue weighted by Crippen LogP contribution is 2.54. The second-order valence-electron chi connectivity index (χ2n) is 11.1. The molecule has 0 N–H and O–H groups in total. The maximum atomic E-state index is 14.3. The van der Waals surface area contributed by atoms with E-state index in [2.05, 4.69) is 18.2 Å². The van der Waals surface area contributed by atoms with E-state index in [1.54, 1.807) is 6.07 Å². The molecular weight excluding hydrogens is 628 g/mol. The van der Waals surface area contributed by atoms with Crippen LogP contribution in [0.15, 0.2) is 63.8 Å². The lowest BCUT2D eigenvalue weighted by Gasteiger charge is -2.36. The number of benzene rings is 2. The number of esters is 1. The fraction of sp³-hybridized carbons (Fsp3) is 0.455. The number of aryl methyl sites for hydroxylation is 2. The first-order valence-corrected chi connectivity index (χ1v) is 14.5. The van der Waals surface area contributed by atoms with E-state index in [1.807, 2.05) is 25.1 Å². The van der Waals surface area contributed by atoms with E-state index in [0.717, 1.165) is 49.8 Å². The summed E-state index contributed by atoms with van der Waals surface area (Å²) in [5.74, 6) is -25.8. The normalized spacial score (nSPS) is 12.8. The zero-order valence-corrected chi connectivity index (χ0v) is 25.5. The highest BCUT2D eigenvalue weighted by molar-refractivity contribution is 5.87. The Hall–Kier alpha value is -3.90. The number of hydrogen-bond donors (Lipinski definition) is 0. The van der Waals surface area contributed by atoms with Crippen molar-refractivity contribution in [3.8, 4) is 16.9 Å². The third kappa shape index (κ3) is 7.90. The quantitative estimate of drug-likeness (QED) is 0.0503. The molecule has 0 bridgehead atoms. The molecule has 2 aromatic carbocycles. The van der Waals surface area contributed by atoms with Gasteiger partial charge in [0, 0.05) is 17.0 Å². The average molecular weight is 663 g/mol. The molecule has 0 aliphatic heterocycles. The third-order valence-electron chi connectivity index (χ3n) is 7.35. The fourth-order valence-corrected chi connectivity index (χ4v) is 4.60. The molecule has 5 nitrogen and oxygen atoms in total. The number of fused-ring (bicyclic) bond motifs is 1. The summed E-state index contributed by atoms with van der Waals surface area (Å²) in [6.45, 7) is 5.49. The van der Waals surface area contributed by atoms with Crippen molar-refractivity contribution in [2.45, 2.75) is 83.0 Å². The number of carbonyl (C=O) groups is 1. The molecule has 1 aromatic heterocycles. The molecule has 3 rings (SSSR count). The number of halogens is 8. The number of unbranched alkanes of at least 4 members (excludes halogenated alkanes) is 2. The lowest BCUT2D eigenvalue weighted by molar-refractivity contribution is -0.368. The topological polar surface area (TPSA) is 65.7 Å². The van der Waals surface area contributed by atoms with Crippen molar-refractivity contribution in [2.24, 2.45) is 0 Å². The number of alkyl halides is 8. The number of hydrogen-bond acceptors (Lipinski definition) is 5. The monoisotopic (exact) mass is 662 g/mol. The van der Waals surface area contributed by atoms with Gasteiger partial charge in [0.25, 0.3) is 0 Å². The van der Waals surface area contributed by atoms with Gasteiger partial charge < -0.3 is 13.9 Å². The van der Waals surface area contributed by atoms with Crippen molar-refractivity contribution in [3.63, 3.8) is 0 Å². The number of carbonyl (C=O) groups excluding carboxylic acids is 1. The predicted molar refractivity (Wildman–Crippen MR) is 156 cm³/mol. The van der Waals surface area contributed by atoms with Crippen molar-refractivity contribution in [2.75, 3.05) is 13.2 Å². The van der Waals surface area contributed by atoms with Crippen molar-refractivity contribution < 1.29 is 53.8 Å². The Morgan fingerprint density at radius 1 is 0.848 bits per heavy atom. The van der Waals surface area contributed by atoms with Gasteiger partial charge in [-0.2, -0.15) is 35.1 Å². The highest BCUT2D eigenvalue weighted by atomic mass is 19.4. The van der Waals surface area contributed by atoms with Crippen LogP contribution in [0, 0.1) is 6.92 Å². The number of rotatable bonds is 16. The van der Waals surface area contributed by atoms with E-state index in [9.17, 15) is 44.7 Å². The average Bonchev–Trinajstić information content (AvgIpc) is 2.96. The predicted octanol–water partition coefficient (Wildman–Crippen LogP) is 9.32. The molecule has 46 heavy (non-hydrogen) atoms. The molecular formula is C33H34F8O5. The summed E-state index contributed by atoms with van der Waals surface area (Å²) in [7, 11) is 0. The highest BCUT2D eigenvalue weighted by Gasteiger charge is 2.79. The van der Waals surface area contributed by atoms with Gasteiger partial charge in [-0.25, -0.2) is 9.59 Å². The first kappa shape index (κ1) is 36.6. The second kappa shape index (κ2) is 14.3. The van der Waals surface area contributed by atoms with E-state index >= 15 is 0 Å². The molecule has 0 unspecified atom stereocenters. The minimum absolute atomic E-state index is 0.0318. The summed E-state index contributed by atoms with van der Waals surface area (Å²) in [4.78, 5) is 24.0. The van der Waals surface area contributed by atoms with E-state index in [4.69, 9.17) is 9.15 Å². The van der Waals surface area contributed by atoms with Gasteiger partial charge in [0.15, 0.2) is 0 Å². The maximum absolute atomic E-state index is 14.3. The molecule has 13 heteroatoms. The summed E-state index contributed by atoms with van der Waals surface area (Å²) in [6, 6.07) is 11.1. The molecule has 1 heterocycles. The van der Waals surface area contributed by atoms with Crippen LogP contribution in [-0.4, -0.2) is 42.9 Å². The van der Waals surface area contributed by atoms with Gasteiger partial charge in [-0.1, -0.05) is 44.5 Å². The van der Waals surface area contributed by atoms with Crippen LogP contribution in [0.2, 0.25) is 0 Å². The molecule has 0 aliphatic rings. The smallest absolute Gasteiger partial charge is 0.378 e. The van der Waals surface area contributed by atoms with Crippen LogP contribution >= 0.6 is 0 Å². The summed E-state index contributed by atoms with van der Waals surface area (Å²) in [5.41, 5.74) is 1.88. The van der Waals surface area contributed by atoms with Crippen LogP contribution in [0.25, 0.3) is 22.1 Å². The Morgan fingerprint density at radius 2 is 1.48 bits per heavy atom. The van der Waals surface area contributed by atoms with Gasteiger partial charge in [-0.05, 0) is 61.6 Å². The van der Waals surface area contributed by atoms with E-state index in [1.165, 1.54) is 12.1 Å². The van der Waals surface area contributed by atoms with Crippen LogP contribution in [-0.2, 0) is 16.0 Å². The SMILES string of the molecule is C=C(C)C(=O)OCCC(F)(F)C(F)(F)C(F)(F)C(F)(F)CCOc1ccc2cc(-c3ccc(CCCCC)cc3C)c(=O)oc2c1. The summed E-state index contributed by atoms with van der Waals surface area (Å²) in [6.07, 6.45) is -0.0832. The minimum Gasteiger partial charge on any atom is -0.493 e. The lowest BCUT2D eigenvalue weighted by Crippen LogP contribution is -2.62. The van der Waals surface area contributed by atoms with Crippen LogP contribution in [0.4, 0.5) is 35.1 Å². The second-order valence-corrected chi connectivity index (χ2v) is 11.1. The standard InChI is InChI=1S/C33H34F8O5/c1-5-6-7-8-22-9-12-25(21(4)17-22)26-18-23-10-11-24(19-27(23)46-29(26)43)44-15-13-30(34,35)32(38,39)33(40,41)31(36,37)14-16-45-28(42)20(2)3/h9-12,17-19H,2,5-8,13-16H2,1,3-4H3. The van der Waals surface area contributed by atoms with Gasteiger partial charge in [-0.3, -0.25) is 0 Å². The van der Waals surface area contributed by atoms with Crippen molar-refractivity contribution in [3.05, 3.63) is 76.2 Å². The molecule has 0 spiro atoms. The molecule has 0 amide bonds. The summed E-state index contributed by atoms with van der Waals surface area (Å²) >= 11 is 0. The number of ether oxygens (including phenoxy) is 2. The van der Waals surface area contributed by atoms with Crippen molar-refractivity contribution >= 4 is 16.9 Å².